The van der Waals surface area contributed by atoms with Gasteiger partial charge in [-0.1, -0.05) is 34.8 Å². The van der Waals surface area contributed by atoms with Crippen molar-refractivity contribution in [2.24, 2.45) is 5.92 Å². The summed E-state index contributed by atoms with van der Waals surface area (Å²) in [6.07, 6.45) is 2.28. The number of amides is 1. The van der Waals surface area contributed by atoms with Gasteiger partial charge in [-0.05, 0) is 55.5 Å². The van der Waals surface area contributed by atoms with Crippen LogP contribution in [0.3, 0.4) is 0 Å². The fourth-order valence-corrected chi connectivity index (χ4v) is 4.17. The van der Waals surface area contributed by atoms with E-state index in [1.807, 2.05) is 35.2 Å². The third-order valence-electron chi connectivity index (χ3n) is 5.25. The molecule has 0 aromatic heterocycles. The molecule has 0 aliphatic heterocycles. The zero-order valence-corrected chi connectivity index (χ0v) is 17.2. The molecular weight excluding hydrogens is 376 g/mol. The van der Waals surface area contributed by atoms with Crippen LogP contribution in [0.25, 0.3) is 0 Å². The second kappa shape index (κ2) is 8.43. The quantitative estimate of drug-likeness (QED) is 0.636. The van der Waals surface area contributed by atoms with Crippen molar-refractivity contribution in [3.63, 3.8) is 0 Å². The summed E-state index contributed by atoms with van der Waals surface area (Å²) in [6.45, 7) is 2.62. The molecule has 0 spiro atoms. The Morgan fingerprint density at radius 3 is 2.25 bits per heavy atom. The first-order valence-electron chi connectivity index (χ1n) is 9.32. The van der Waals surface area contributed by atoms with Gasteiger partial charge in [0.25, 0.3) is 15.9 Å². The van der Waals surface area contributed by atoms with Crippen LogP contribution in [0, 0.1) is 5.92 Å². The van der Waals surface area contributed by atoms with Crippen molar-refractivity contribution in [1.29, 1.82) is 0 Å². The van der Waals surface area contributed by atoms with Crippen LogP contribution >= 0.6 is 0 Å². The second-order valence-electron chi connectivity index (χ2n) is 7.12. The summed E-state index contributed by atoms with van der Waals surface area (Å²) in [6, 6.07) is 16.1. The molecule has 0 radical (unpaired) electrons. The molecule has 150 valence electrons. The lowest BCUT2D eigenvalue weighted by Crippen LogP contribution is -2.39. The lowest BCUT2D eigenvalue weighted by Gasteiger charge is -2.30. The van der Waals surface area contributed by atoms with Crippen LogP contribution in [0.1, 0.15) is 35.7 Å². The van der Waals surface area contributed by atoms with Crippen molar-refractivity contribution >= 4 is 15.9 Å². The van der Waals surface area contributed by atoms with Crippen molar-refractivity contribution in [1.82, 2.24) is 9.37 Å². The van der Waals surface area contributed by atoms with Crippen LogP contribution in [-0.2, 0) is 21.4 Å². The third kappa shape index (κ3) is 4.43. The Morgan fingerprint density at radius 2 is 1.71 bits per heavy atom. The van der Waals surface area contributed by atoms with Crippen LogP contribution in [0.5, 0.6) is 0 Å². The largest absolute Gasteiger partial charge is 0.331 e. The number of carbonyl (C=O) groups excluding carboxylic acids is 1. The Hall–Kier alpha value is -2.22. The lowest BCUT2D eigenvalue weighted by molar-refractivity contribution is -0.0258. The van der Waals surface area contributed by atoms with Crippen LogP contribution in [0.4, 0.5) is 0 Å². The fourth-order valence-electron chi connectivity index (χ4n) is 3.20. The van der Waals surface area contributed by atoms with Gasteiger partial charge in [-0.15, -0.1) is 0 Å². The van der Waals surface area contributed by atoms with Gasteiger partial charge in [-0.25, -0.2) is 8.42 Å². The van der Waals surface area contributed by atoms with Gasteiger partial charge < -0.3 is 4.90 Å². The topological polar surface area (TPSA) is 66.9 Å². The molecule has 1 aliphatic carbocycles. The summed E-state index contributed by atoms with van der Waals surface area (Å²) < 4.78 is 25.5. The highest BCUT2D eigenvalue weighted by Crippen LogP contribution is 2.36. The van der Waals surface area contributed by atoms with E-state index in [4.69, 9.17) is 4.84 Å². The van der Waals surface area contributed by atoms with E-state index >= 15 is 0 Å². The van der Waals surface area contributed by atoms with Crippen LogP contribution < -0.4 is 0 Å². The van der Waals surface area contributed by atoms with Crippen molar-refractivity contribution in [3.05, 3.63) is 65.7 Å². The fraction of sp³-hybridized carbons (Fsp3) is 0.381. The number of hydrogen-bond donors (Lipinski definition) is 0. The van der Waals surface area contributed by atoms with Crippen LogP contribution in [0.15, 0.2) is 59.5 Å². The maximum Gasteiger partial charge on any atom is 0.264 e. The molecule has 6 nitrogen and oxygen atoms in total. The predicted octanol–water partition coefficient (Wildman–Crippen LogP) is 3.31. The SMILES string of the molecule is CON(C)S(=O)(=O)c1ccc(C(=O)N(Cc2ccccc2)C(C)C2CC2)cc1. The minimum absolute atomic E-state index is 0.0817. The number of sulfonamides is 1. The first kappa shape index (κ1) is 20.5. The van der Waals surface area contributed by atoms with E-state index in [1.54, 1.807) is 12.1 Å². The Labute approximate surface area is 166 Å². The van der Waals surface area contributed by atoms with Gasteiger partial charge in [0.2, 0.25) is 0 Å². The highest BCUT2D eigenvalue weighted by Gasteiger charge is 2.34. The molecule has 2 aromatic carbocycles. The highest BCUT2D eigenvalue weighted by molar-refractivity contribution is 7.89. The number of hydrogen-bond acceptors (Lipinski definition) is 4. The molecule has 1 unspecified atom stereocenters. The van der Waals surface area contributed by atoms with Gasteiger partial charge >= 0.3 is 0 Å². The molecule has 1 aliphatic rings. The number of nitrogens with zero attached hydrogens (tertiary/aromatic N) is 2. The molecular formula is C21H26N2O4S. The maximum absolute atomic E-state index is 13.2. The molecule has 1 saturated carbocycles. The number of carbonyl (C=O) groups is 1. The van der Waals surface area contributed by atoms with Crippen molar-refractivity contribution in [2.75, 3.05) is 14.2 Å². The summed E-state index contributed by atoms with van der Waals surface area (Å²) >= 11 is 0. The molecule has 0 saturated heterocycles. The van der Waals surface area contributed by atoms with Gasteiger partial charge in [-0.2, -0.15) is 0 Å². The normalized spacial score (nSPS) is 15.4. The number of benzene rings is 2. The molecule has 0 bridgehead atoms. The molecule has 1 amide bonds. The minimum Gasteiger partial charge on any atom is -0.331 e. The van der Waals surface area contributed by atoms with Crippen LogP contribution in [0.2, 0.25) is 0 Å². The van der Waals surface area contributed by atoms with Crippen molar-refractivity contribution in [2.45, 2.75) is 37.2 Å². The standard InChI is InChI=1S/C21H26N2O4S/c1-16(18-9-10-18)23(15-17-7-5-4-6-8-17)21(24)19-11-13-20(14-12-19)28(25,26)22(2)27-3/h4-8,11-14,16,18H,9-10,15H2,1-3H3. The van der Waals surface area contributed by atoms with E-state index < -0.39 is 10.0 Å². The third-order valence-corrected chi connectivity index (χ3v) is 6.94. The number of rotatable bonds is 8. The molecule has 1 atom stereocenters. The monoisotopic (exact) mass is 402 g/mol. The van der Waals surface area contributed by atoms with Gasteiger partial charge in [0.1, 0.15) is 0 Å². The van der Waals surface area contributed by atoms with E-state index in [2.05, 4.69) is 6.92 Å². The maximum atomic E-state index is 13.2. The highest BCUT2D eigenvalue weighted by atomic mass is 32.2. The number of hydroxylamine groups is 1. The zero-order valence-electron chi connectivity index (χ0n) is 16.4. The molecule has 0 N–H and O–H groups in total. The van der Waals surface area contributed by atoms with E-state index in [0.29, 0.717) is 18.0 Å². The Morgan fingerprint density at radius 1 is 1.11 bits per heavy atom. The Balaban J connectivity index is 1.84. The molecule has 0 heterocycles. The molecule has 28 heavy (non-hydrogen) atoms. The minimum atomic E-state index is -3.73. The summed E-state index contributed by atoms with van der Waals surface area (Å²) in [7, 11) is -1.12. The Bertz CT molecular complexity index is 909. The predicted molar refractivity (Wildman–Crippen MR) is 107 cm³/mol. The zero-order chi connectivity index (χ0) is 20.3. The van der Waals surface area contributed by atoms with Gasteiger partial charge in [0, 0.05) is 25.2 Å². The summed E-state index contributed by atoms with van der Waals surface area (Å²) in [5.74, 6) is 0.440. The van der Waals surface area contributed by atoms with Crippen LogP contribution in [-0.4, -0.2) is 43.9 Å². The van der Waals surface area contributed by atoms with E-state index in [-0.39, 0.29) is 16.8 Å². The lowest BCUT2D eigenvalue weighted by atomic mass is 10.1. The average Bonchev–Trinajstić information content (AvgIpc) is 3.56. The van der Waals surface area contributed by atoms with E-state index in [0.717, 1.165) is 22.9 Å². The summed E-state index contributed by atoms with van der Waals surface area (Å²) in [5, 5.41) is 0. The van der Waals surface area contributed by atoms with E-state index in [1.165, 1.54) is 26.3 Å². The van der Waals surface area contributed by atoms with Crippen molar-refractivity contribution < 1.29 is 18.0 Å². The van der Waals surface area contributed by atoms with Gasteiger partial charge in [-0.3, -0.25) is 9.63 Å². The second-order valence-corrected chi connectivity index (χ2v) is 9.05. The van der Waals surface area contributed by atoms with Gasteiger partial charge in [0.15, 0.2) is 0 Å². The molecule has 1 fully saturated rings. The molecule has 2 aromatic rings. The molecule has 7 heteroatoms. The van der Waals surface area contributed by atoms with Gasteiger partial charge in [0.05, 0.1) is 12.0 Å². The first-order valence-corrected chi connectivity index (χ1v) is 10.8. The molecule has 3 rings (SSSR count). The first-order chi connectivity index (χ1) is 13.3. The average molecular weight is 403 g/mol. The summed E-state index contributed by atoms with van der Waals surface area (Å²) in [4.78, 5) is 20.0. The Kier molecular flexibility index (Phi) is 6.17. The van der Waals surface area contributed by atoms with E-state index in [9.17, 15) is 13.2 Å². The smallest absolute Gasteiger partial charge is 0.264 e. The summed E-state index contributed by atoms with van der Waals surface area (Å²) in [5.41, 5.74) is 1.55. The van der Waals surface area contributed by atoms with Crippen molar-refractivity contribution in [3.8, 4) is 0 Å².